The van der Waals surface area contributed by atoms with Gasteiger partial charge in [-0.15, -0.1) is 0 Å². The van der Waals surface area contributed by atoms with Crippen molar-refractivity contribution in [3.05, 3.63) is 65.5 Å². The van der Waals surface area contributed by atoms with Crippen LogP contribution in [-0.4, -0.2) is 36.0 Å². The van der Waals surface area contributed by atoms with Crippen molar-refractivity contribution in [2.24, 2.45) is 17.6 Å². The highest BCUT2D eigenvalue weighted by Gasteiger charge is 2.53. The fraction of sp³-hybridized carbons (Fsp3) is 0.455. The van der Waals surface area contributed by atoms with Gasteiger partial charge in [0, 0.05) is 44.8 Å². The predicted octanol–water partition coefficient (Wildman–Crippen LogP) is 2.95. The molecular formula is C22H27N3O2. The number of hydrogen-bond donors (Lipinski definition) is 1. The minimum atomic E-state index is -0.491. The molecule has 2 fully saturated rings. The molecule has 1 amide bonds. The molecule has 5 heteroatoms. The zero-order valence-electron chi connectivity index (χ0n) is 15.8. The van der Waals surface area contributed by atoms with Crippen LogP contribution in [0.25, 0.3) is 0 Å². The Morgan fingerprint density at radius 2 is 1.93 bits per heavy atom. The van der Waals surface area contributed by atoms with Gasteiger partial charge in [0.05, 0.1) is 0 Å². The zero-order chi connectivity index (χ0) is 18.9. The summed E-state index contributed by atoms with van der Waals surface area (Å²) in [7, 11) is 1.81. The van der Waals surface area contributed by atoms with E-state index in [2.05, 4.69) is 40.2 Å². The maximum atomic E-state index is 11.6. The van der Waals surface area contributed by atoms with Crippen molar-refractivity contribution in [1.82, 2.24) is 9.88 Å². The number of hydrogen-bond acceptors (Lipinski definition) is 4. The van der Waals surface area contributed by atoms with Gasteiger partial charge in [-0.25, -0.2) is 0 Å². The minimum absolute atomic E-state index is 0.314. The van der Waals surface area contributed by atoms with Crippen molar-refractivity contribution in [3.63, 3.8) is 0 Å². The first kappa shape index (κ1) is 18.1. The summed E-state index contributed by atoms with van der Waals surface area (Å²) < 4.78 is 6.26. The van der Waals surface area contributed by atoms with Crippen LogP contribution >= 0.6 is 0 Å². The van der Waals surface area contributed by atoms with Gasteiger partial charge in [-0.1, -0.05) is 36.8 Å². The number of ether oxygens (including phenoxy) is 1. The Morgan fingerprint density at radius 3 is 2.56 bits per heavy atom. The van der Waals surface area contributed by atoms with E-state index in [9.17, 15) is 4.79 Å². The first-order valence-corrected chi connectivity index (χ1v) is 9.71. The second-order valence-electron chi connectivity index (χ2n) is 7.80. The number of carbonyl (C=O) groups is 1. The first-order valence-electron chi connectivity index (χ1n) is 9.71. The number of aromatic nitrogens is 1. The molecule has 2 bridgehead atoms. The molecule has 1 aromatic heterocycles. The largest absolute Gasteiger partial charge is 0.373 e. The van der Waals surface area contributed by atoms with Crippen molar-refractivity contribution < 1.29 is 9.53 Å². The highest BCUT2D eigenvalue weighted by atomic mass is 16.5. The summed E-state index contributed by atoms with van der Waals surface area (Å²) >= 11 is 0. The van der Waals surface area contributed by atoms with Crippen LogP contribution < -0.4 is 5.73 Å². The molecule has 1 aliphatic heterocycles. The quantitative estimate of drug-likeness (QED) is 0.884. The maximum absolute atomic E-state index is 11.6. The van der Waals surface area contributed by atoms with E-state index >= 15 is 0 Å². The van der Waals surface area contributed by atoms with Crippen LogP contribution in [0.3, 0.4) is 0 Å². The summed E-state index contributed by atoms with van der Waals surface area (Å²) in [4.78, 5) is 18.3. The van der Waals surface area contributed by atoms with Gasteiger partial charge in [-0.3, -0.25) is 14.7 Å². The number of benzene rings is 1. The highest BCUT2D eigenvalue weighted by molar-refractivity contribution is 5.90. The Bertz CT molecular complexity index is 794. The molecule has 1 saturated carbocycles. The molecule has 0 unspecified atom stereocenters. The summed E-state index contributed by atoms with van der Waals surface area (Å²) in [6, 6.07) is 14.5. The van der Waals surface area contributed by atoms with Crippen molar-refractivity contribution >= 4 is 5.91 Å². The molecule has 5 nitrogen and oxygen atoms in total. The molecule has 2 heterocycles. The van der Waals surface area contributed by atoms with Crippen LogP contribution in [0.1, 0.15) is 40.9 Å². The number of pyridine rings is 1. The third kappa shape index (κ3) is 3.26. The number of amides is 1. The van der Waals surface area contributed by atoms with E-state index in [1.807, 2.05) is 19.2 Å². The van der Waals surface area contributed by atoms with Crippen molar-refractivity contribution in [2.45, 2.75) is 31.4 Å². The fourth-order valence-corrected chi connectivity index (χ4v) is 5.23. The molecule has 3 atom stereocenters. The molecule has 2 aliphatic rings. The summed E-state index contributed by atoms with van der Waals surface area (Å²) in [5, 5.41) is 0. The van der Waals surface area contributed by atoms with Crippen LogP contribution in [0.15, 0.2) is 48.7 Å². The number of primary amides is 1. The molecule has 0 spiro atoms. The third-order valence-corrected chi connectivity index (χ3v) is 6.33. The van der Waals surface area contributed by atoms with E-state index in [0.29, 0.717) is 17.5 Å². The van der Waals surface area contributed by atoms with Crippen LogP contribution in [-0.2, 0) is 16.9 Å². The molecular weight excluding hydrogens is 338 g/mol. The molecule has 2 aromatic rings. The second kappa shape index (κ2) is 7.41. The molecule has 2 N–H and O–H groups in total. The lowest BCUT2D eigenvalue weighted by Gasteiger charge is -2.55. The molecule has 1 aromatic carbocycles. The van der Waals surface area contributed by atoms with E-state index in [1.165, 1.54) is 12.0 Å². The number of likely N-dealkylation sites (tertiary alicyclic amines) is 1. The molecule has 4 rings (SSSR count). The van der Waals surface area contributed by atoms with Gasteiger partial charge in [0.15, 0.2) is 0 Å². The number of rotatable bonds is 5. The number of nitrogens with zero attached hydrogens (tertiary/aromatic N) is 2. The van der Waals surface area contributed by atoms with Gasteiger partial charge in [-0.2, -0.15) is 0 Å². The Labute approximate surface area is 160 Å². The molecule has 1 saturated heterocycles. The van der Waals surface area contributed by atoms with Gasteiger partial charge in [0.25, 0.3) is 5.91 Å². The monoisotopic (exact) mass is 365 g/mol. The van der Waals surface area contributed by atoms with E-state index < -0.39 is 5.91 Å². The lowest BCUT2D eigenvalue weighted by atomic mass is 9.62. The summed E-state index contributed by atoms with van der Waals surface area (Å²) in [6.07, 6.45) is 5.17. The highest BCUT2D eigenvalue weighted by Crippen LogP contribution is 2.51. The Kier molecular flexibility index (Phi) is 4.98. The van der Waals surface area contributed by atoms with E-state index in [4.69, 9.17) is 10.5 Å². The van der Waals surface area contributed by atoms with Gasteiger partial charge in [-0.05, 0) is 36.1 Å². The molecule has 27 heavy (non-hydrogen) atoms. The summed E-state index contributed by atoms with van der Waals surface area (Å²) in [5.74, 6) is 0.290. The van der Waals surface area contributed by atoms with Gasteiger partial charge in [0.1, 0.15) is 11.3 Å². The van der Waals surface area contributed by atoms with E-state index in [-0.39, 0.29) is 5.60 Å². The Morgan fingerprint density at radius 1 is 1.22 bits per heavy atom. The fourth-order valence-electron chi connectivity index (χ4n) is 5.23. The number of nitrogens with two attached hydrogens (primary N) is 1. The Balaban J connectivity index is 1.64. The normalized spacial score (nSPS) is 28.0. The van der Waals surface area contributed by atoms with Crippen molar-refractivity contribution in [1.29, 1.82) is 0 Å². The first-order chi connectivity index (χ1) is 13.1. The molecule has 1 aliphatic carbocycles. The number of piperidine rings is 1. The molecule has 142 valence electrons. The zero-order valence-corrected chi connectivity index (χ0v) is 15.8. The summed E-state index contributed by atoms with van der Waals surface area (Å²) in [5.41, 5.74) is 7.81. The third-order valence-electron chi connectivity index (χ3n) is 6.33. The van der Waals surface area contributed by atoms with Crippen LogP contribution in [0.5, 0.6) is 0 Å². The number of methoxy groups -OCH3 is 1. The second-order valence-corrected chi connectivity index (χ2v) is 7.80. The Hall–Kier alpha value is -2.24. The van der Waals surface area contributed by atoms with Crippen molar-refractivity contribution in [2.75, 3.05) is 20.2 Å². The average molecular weight is 365 g/mol. The lowest BCUT2D eigenvalue weighted by molar-refractivity contribution is -0.170. The standard InChI is InChI=1S/C22H27N3O2/c1-27-22(17-10-11-24-20(12-17)21(23)26)18-8-5-9-19(22)15-25(14-18)13-16-6-3-2-4-7-16/h2-4,6-7,10-12,18-19H,5,8-9,13-15H2,1H3,(H2,23,26)/t18-,19+,22-. The van der Waals surface area contributed by atoms with Crippen LogP contribution in [0.2, 0.25) is 0 Å². The van der Waals surface area contributed by atoms with Gasteiger partial charge < -0.3 is 10.5 Å². The maximum Gasteiger partial charge on any atom is 0.267 e. The van der Waals surface area contributed by atoms with Crippen molar-refractivity contribution in [3.8, 4) is 0 Å². The van der Waals surface area contributed by atoms with Gasteiger partial charge >= 0.3 is 0 Å². The number of fused-ring (bicyclic) bond motifs is 2. The topological polar surface area (TPSA) is 68.5 Å². The summed E-state index contributed by atoms with van der Waals surface area (Å²) in [6.45, 7) is 2.96. The number of carbonyl (C=O) groups excluding carboxylic acids is 1. The smallest absolute Gasteiger partial charge is 0.267 e. The van der Waals surface area contributed by atoms with Crippen LogP contribution in [0, 0.1) is 11.8 Å². The molecule has 0 radical (unpaired) electrons. The SMILES string of the molecule is CO[C@]1(c2ccnc(C(N)=O)c2)[C@@H]2CCC[C@H]1CN(Cc1ccccc1)C2. The van der Waals surface area contributed by atoms with Gasteiger partial charge in [0.2, 0.25) is 0 Å². The van der Waals surface area contributed by atoms with E-state index in [1.54, 1.807) is 6.20 Å². The minimum Gasteiger partial charge on any atom is -0.373 e. The van der Waals surface area contributed by atoms with Crippen LogP contribution in [0.4, 0.5) is 0 Å². The average Bonchev–Trinajstić information content (AvgIpc) is 2.68. The predicted molar refractivity (Wildman–Crippen MR) is 104 cm³/mol. The van der Waals surface area contributed by atoms with E-state index in [0.717, 1.165) is 38.0 Å². The lowest BCUT2D eigenvalue weighted by Crippen LogP contribution is -2.58.